The highest BCUT2D eigenvalue weighted by Crippen LogP contribution is 2.28. The molecule has 21 heavy (non-hydrogen) atoms. The van der Waals surface area contributed by atoms with E-state index in [1.165, 1.54) is 0 Å². The van der Waals surface area contributed by atoms with Gasteiger partial charge in [0.1, 0.15) is 17.6 Å². The van der Waals surface area contributed by atoms with E-state index in [0.717, 1.165) is 5.56 Å². The summed E-state index contributed by atoms with van der Waals surface area (Å²) in [6, 6.07) is 14.5. The monoisotopic (exact) mass is 302 g/mol. The lowest BCUT2D eigenvalue weighted by atomic mass is 10.2. The van der Waals surface area contributed by atoms with Crippen molar-refractivity contribution >= 4 is 11.6 Å². The Morgan fingerprint density at radius 3 is 2.86 bits per heavy atom. The van der Waals surface area contributed by atoms with E-state index >= 15 is 0 Å². The molecule has 0 atom stereocenters. The Morgan fingerprint density at radius 1 is 1.24 bits per heavy atom. The van der Waals surface area contributed by atoms with Crippen molar-refractivity contribution < 1.29 is 9.84 Å². The van der Waals surface area contributed by atoms with Gasteiger partial charge in [0.25, 0.3) is 0 Å². The number of rotatable bonds is 6. The van der Waals surface area contributed by atoms with Gasteiger partial charge in [0.2, 0.25) is 0 Å². The molecule has 0 bridgehead atoms. The second-order valence-corrected chi connectivity index (χ2v) is 4.84. The number of ether oxygens (including phenoxy) is 1. The third-order valence-electron chi connectivity index (χ3n) is 2.81. The fourth-order valence-electron chi connectivity index (χ4n) is 1.83. The smallest absolute Gasteiger partial charge is 0.146 e. The number of aliphatic hydroxyl groups is 1. The van der Waals surface area contributed by atoms with E-state index < -0.39 is 0 Å². The molecular formula is C16H15ClN2O2. The van der Waals surface area contributed by atoms with Crippen molar-refractivity contribution in [3.8, 4) is 17.6 Å². The molecule has 0 saturated carbocycles. The Balaban J connectivity index is 2.14. The molecule has 0 aromatic heterocycles. The van der Waals surface area contributed by atoms with E-state index in [4.69, 9.17) is 26.7 Å². The standard InChI is InChI=1S/C16H15ClN2O2/c17-14-5-4-13(10-18)16(9-14)21-15-3-1-2-12(8-15)11-19-6-7-20/h1-5,8-9,19-20H,6-7,11H2. The first-order chi connectivity index (χ1) is 10.2. The van der Waals surface area contributed by atoms with Crippen LogP contribution >= 0.6 is 11.6 Å². The van der Waals surface area contributed by atoms with Crippen LogP contribution in [0.25, 0.3) is 0 Å². The van der Waals surface area contributed by atoms with E-state index in [9.17, 15) is 0 Å². The first kappa shape index (κ1) is 15.3. The maximum absolute atomic E-state index is 9.08. The van der Waals surface area contributed by atoms with E-state index in [1.54, 1.807) is 18.2 Å². The average molecular weight is 303 g/mol. The van der Waals surface area contributed by atoms with Gasteiger partial charge in [-0.15, -0.1) is 0 Å². The van der Waals surface area contributed by atoms with Gasteiger partial charge in [0.05, 0.1) is 12.2 Å². The molecule has 0 aliphatic heterocycles. The van der Waals surface area contributed by atoms with Gasteiger partial charge in [-0.3, -0.25) is 0 Å². The number of nitrogens with one attached hydrogen (secondary N) is 1. The van der Waals surface area contributed by atoms with Gasteiger partial charge in [0, 0.05) is 24.2 Å². The number of benzene rings is 2. The molecule has 0 fully saturated rings. The largest absolute Gasteiger partial charge is 0.456 e. The zero-order chi connectivity index (χ0) is 15.1. The first-order valence-corrected chi connectivity index (χ1v) is 6.89. The second kappa shape index (κ2) is 7.65. The Bertz CT molecular complexity index is 653. The molecule has 0 spiro atoms. The van der Waals surface area contributed by atoms with Gasteiger partial charge in [0.15, 0.2) is 0 Å². The highest BCUT2D eigenvalue weighted by Gasteiger charge is 2.06. The quantitative estimate of drug-likeness (QED) is 0.805. The number of hydrogen-bond acceptors (Lipinski definition) is 4. The number of halogens is 1. The van der Waals surface area contributed by atoms with Gasteiger partial charge in [-0.1, -0.05) is 23.7 Å². The number of nitriles is 1. The summed E-state index contributed by atoms with van der Waals surface area (Å²) < 4.78 is 5.74. The van der Waals surface area contributed by atoms with E-state index in [-0.39, 0.29) is 6.61 Å². The third kappa shape index (κ3) is 4.47. The molecule has 2 aromatic carbocycles. The number of hydrogen-bond donors (Lipinski definition) is 2. The van der Waals surface area contributed by atoms with Gasteiger partial charge < -0.3 is 15.2 Å². The van der Waals surface area contributed by atoms with Crippen molar-refractivity contribution in [3.63, 3.8) is 0 Å². The van der Waals surface area contributed by atoms with E-state index in [0.29, 0.717) is 35.2 Å². The average Bonchev–Trinajstić information content (AvgIpc) is 2.48. The summed E-state index contributed by atoms with van der Waals surface area (Å²) in [7, 11) is 0. The summed E-state index contributed by atoms with van der Waals surface area (Å²) in [4.78, 5) is 0. The van der Waals surface area contributed by atoms with Crippen LogP contribution in [-0.4, -0.2) is 18.3 Å². The fraction of sp³-hybridized carbons (Fsp3) is 0.188. The number of aliphatic hydroxyl groups excluding tert-OH is 1. The molecular weight excluding hydrogens is 288 g/mol. The normalized spacial score (nSPS) is 10.1. The van der Waals surface area contributed by atoms with Crippen LogP contribution in [0, 0.1) is 11.3 Å². The van der Waals surface area contributed by atoms with Crippen molar-refractivity contribution in [2.75, 3.05) is 13.2 Å². The molecule has 4 nitrogen and oxygen atoms in total. The molecule has 0 aliphatic rings. The third-order valence-corrected chi connectivity index (χ3v) is 3.04. The van der Waals surface area contributed by atoms with Crippen molar-refractivity contribution in [3.05, 3.63) is 58.6 Å². The van der Waals surface area contributed by atoms with Crippen LogP contribution in [0.4, 0.5) is 0 Å². The van der Waals surface area contributed by atoms with Crippen LogP contribution in [0.1, 0.15) is 11.1 Å². The van der Waals surface area contributed by atoms with Crippen molar-refractivity contribution in [1.82, 2.24) is 5.32 Å². The lowest BCUT2D eigenvalue weighted by Gasteiger charge is -2.10. The van der Waals surface area contributed by atoms with Gasteiger partial charge in [-0.2, -0.15) is 5.26 Å². The molecule has 2 rings (SSSR count). The summed E-state index contributed by atoms with van der Waals surface area (Å²) in [5.74, 6) is 1.07. The van der Waals surface area contributed by atoms with Crippen LogP contribution in [0.3, 0.4) is 0 Å². The predicted octanol–water partition coefficient (Wildman–Crippen LogP) is 3.09. The molecule has 0 aliphatic carbocycles. The van der Waals surface area contributed by atoms with Crippen LogP contribution in [0.2, 0.25) is 5.02 Å². The molecule has 0 unspecified atom stereocenters. The molecule has 108 valence electrons. The summed E-state index contributed by atoms with van der Waals surface area (Å²) in [6.07, 6.45) is 0. The van der Waals surface area contributed by atoms with Crippen molar-refractivity contribution in [1.29, 1.82) is 5.26 Å². The highest BCUT2D eigenvalue weighted by molar-refractivity contribution is 6.30. The number of nitrogens with zero attached hydrogens (tertiary/aromatic N) is 1. The minimum atomic E-state index is 0.101. The molecule has 0 amide bonds. The minimum absolute atomic E-state index is 0.101. The van der Waals surface area contributed by atoms with Gasteiger partial charge in [-0.25, -0.2) is 0 Å². The van der Waals surface area contributed by atoms with Crippen molar-refractivity contribution in [2.45, 2.75) is 6.54 Å². The Morgan fingerprint density at radius 2 is 2.10 bits per heavy atom. The highest BCUT2D eigenvalue weighted by atomic mass is 35.5. The molecule has 2 N–H and O–H groups in total. The summed E-state index contributed by atoms with van der Waals surface area (Å²) >= 11 is 5.93. The molecule has 5 heteroatoms. The Labute approximate surface area is 128 Å². The van der Waals surface area contributed by atoms with E-state index in [1.807, 2.05) is 24.3 Å². The second-order valence-electron chi connectivity index (χ2n) is 4.40. The van der Waals surface area contributed by atoms with Crippen LogP contribution in [0.15, 0.2) is 42.5 Å². The SMILES string of the molecule is N#Cc1ccc(Cl)cc1Oc1cccc(CNCCO)c1. The topological polar surface area (TPSA) is 65.3 Å². The Kier molecular flexibility index (Phi) is 5.59. The van der Waals surface area contributed by atoms with Crippen LogP contribution < -0.4 is 10.1 Å². The zero-order valence-electron chi connectivity index (χ0n) is 11.3. The molecule has 0 saturated heterocycles. The summed E-state index contributed by atoms with van der Waals surface area (Å²) in [6.45, 7) is 1.28. The van der Waals surface area contributed by atoms with Crippen molar-refractivity contribution in [2.24, 2.45) is 0 Å². The maximum Gasteiger partial charge on any atom is 0.146 e. The van der Waals surface area contributed by atoms with Crippen LogP contribution in [-0.2, 0) is 6.54 Å². The molecule has 2 aromatic rings. The summed E-state index contributed by atoms with van der Waals surface area (Å²) in [5.41, 5.74) is 1.46. The zero-order valence-corrected chi connectivity index (χ0v) is 12.1. The fourth-order valence-corrected chi connectivity index (χ4v) is 1.99. The van der Waals surface area contributed by atoms with Crippen LogP contribution in [0.5, 0.6) is 11.5 Å². The lowest BCUT2D eigenvalue weighted by Crippen LogP contribution is -2.17. The molecule has 0 heterocycles. The summed E-state index contributed by atoms with van der Waals surface area (Å²) in [5, 5.41) is 21.4. The Hall–Kier alpha value is -2.06. The predicted molar refractivity (Wildman–Crippen MR) is 81.5 cm³/mol. The molecule has 0 radical (unpaired) electrons. The first-order valence-electron chi connectivity index (χ1n) is 6.51. The van der Waals surface area contributed by atoms with E-state index in [2.05, 4.69) is 11.4 Å². The minimum Gasteiger partial charge on any atom is -0.456 e. The maximum atomic E-state index is 9.08. The van der Waals surface area contributed by atoms with Gasteiger partial charge >= 0.3 is 0 Å². The lowest BCUT2D eigenvalue weighted by molar-refractivity contribution is 0.292. The van der Waals surface area contributed by atoms with Gasteiger partial charge in [-0.05, 0) is 29.8 Å².